The summed E-state index contributed by atoms with van der Waals surface area (Å²) in [7, 11) is -16.3. The maximum Gasteiger partial charge on any atom is 0.179 e. The molecule has 0 rings (SSSR count). The molecule has 0 saturated heterocycles. The highest BCUT2D eigenvalue weighted by Gasteiger charge is 2.41. The lowest BCUT2D eigenvalue weighted by atomic mass is 11.9. The van der Waals surface area contributed by atoms with Crippen LogP contribution in [-0.4, -0.2) is 64.6 Å². The maximum absolute atomic E-state index is 11.4. The first-order valence-electron chi connectivity index (χ1n) is 4.33. The molecule has 8 nitrogen and oxygen atoms in total. The van der Waals surface area contributed by atoms with Crippen molar-refractivity contribution < 1.29 is 33.7 Å². The summed E-state index contributed by atoms with van der Waals surface area (Å²) >= 11 is 0. The molecule has 0 fully saturated rings. The van der Waals surface area contributed by atoms with Gasteiger partial charge in [-0.2, -0.15) is 0 Å². The largest absolute Gasteiger partial charge is 0.224 e. The summed E-state index contributed by atoms with van der Waals surface area (Å²) in [6.45, 7) is 0. The summed E-state index contributed by atoms with van der Waals surface area (Å²) in [5.74, 6) is -0.903. The van der Waals surface area contributed by atoms with Gasteiger partial charge in [-0.1, -0.05) is 0 Å². The van der Waals surface area contributed by atoms with Crippen LogP contribution in [0.3, 0.4) is 0 Å². The second-order valence-electron chi connectivity index (χ2n) is 3.74. The summed E-state index contributed by atoms with van der Waals surface area (Å²) in [6.07, 6.45) is -2.99. The van der Waals surface area contributed by atoms with Crippen molar-refractivity contribution >= 4 is 50.5 Å². The molecule has 0 spiro atoms. The van der Waals surface area contributed by atoms with E-state index in [1.165, 1.54) is 0 Å². The van der Waals surface area contributed by atoms with Crippen molar-refractivity contribution in [3.8, 4) is 0 Å². The third-order valence-electron chi connectivity index (χ3n) is 1.71. The second kappa shape index (κ2) is 5.81. The Hall–Kier alpha value is 0.660. The van der Waals surface area contributed by atoms with E-state index in [0.717, 1.165) is 0 Å². The lowest BCUT2D eigenvalue weighted by Crippen LogP contribution is -2.12. The molecule has 0 saturated carbocycles. The Balaban J connectivity index is 5.98. The predicted octanol–water partition coefficient (Wildman–Crippen LogP) is -0.254. The van der Waals surface area contributed by atoms with Gasteiger partial charge in [0.2, 0.25) is 0 Å². The van der Waals surface area contributed by atoms with Gasteiger partial charge in [-0.3, -0.25) is 0 Å². The molecule has 0 bridgehead atoms. The third kappa shape index (κ3) is 6.31. The van der Waals surface area contributed by atoms with Gasteiger partial charge in [-0.25, -0.2) is 33.7 Å². The Morgan fingerprint density at radius 3 is 0.789 bits per heavy atom. The number of hydrogen-bond acceptors (Lipinski definition) is 8. The van der Waals surface area contributed by atoms with Crippen LogP contribution in [0.2, 0.25) is 0 Å². The highest BCUT2D eigenvalue weighted by molar-refractivity contribution is 8.88. The van der Waals surface area contributed by atoms with E-state index < -0.39 is 56.4 Å². The van der Waals surface area contributed by atoms with Gasteiger partial charge < -0.3 is 0 Å². The van der Waals surface area contributed by atoms with Crippen LogP contribution in [0.1, 0.15) is 0 Å². The fraction of sp³-hybridized carbons (Fsp3) is 1.00. The zero-order valence-corrected chi connectivity index (χ0v) is 15.6. The highest BCUT2D eigenvalue weighted by Crippen LogP contribution is 2.62. The van der Waals surface area contributed by atoms with E-state index in [1.54, 1.807) is 0 Å². The molecule has 0 N–H and O–H groups in total. The average molecular weight is 392 g/mol. The monoisotopic (exact) mass is 392 g/mol. The van der Waals surface area contributed by atoms with E-state index in [0.29, 0.717) is 25.0 Å². The van der Waals surface area contributed by atoms with Gasteiger partial charge >= 0.3 is 0 Å². The molecule has 14 heteroatoms. The molecule has 0 aliphatic heterocycles. The van der Waals surface area contributed by atoms with Crippen LogP contribution >= 0.6 is 12.7 Å². The molecule has 0 aromatic rings. The van der Waals surface area contributed by atoms with Crippen LogP contribution in [0.25, 0.3) is 0 Å². The third-order valence-corrected chi connectivity index (χ3v) is 29.3. The summed E-state index contributed by atoms with van der Waals surface area (Å²) < 4.78 is 91.5. The van der Waals surface area contributed by atoms with E-state index in [-0.39, 0.29) is 0 Å². The minimum Gasteiger partial charge on any atom is -0.224 e. The highest BCUT2D eigenvalue weighted by atomic mass is 33.1. The molecule has 0 amide bonds. The van der Waals surface area contributed by atoms with Gasteiger partial charge in [-0.05, 0) is 0 Å². The Kier molecular flexibility index (Phi) is 6.01. The summed E-state index contributed by atoms with van der Waals surface area (Å²) in [5, 5.41) is 0. The predicted molar refractivity (Wildman–Crippen MR) is 78.1 cm³/mol. The lowest BCUT2D eigenvalue weighted by Gasteiger charge is -2.18. The minimum atomic E-state index is -4.07. The Bertz CT molecular complexity index is 614. The molecule has 0 heterocycles. The van der Waals surface area contributed by atoms with Gasteiger partial charge in [0, 0.05) is 30.9 Å². The summed E-state index contributed by atoms with van der Waals surface area (Å²) in [5.41, 5.74) is 0. The van der Waals surface area contributed by atoms with E-state index >= 15 is 0 Å². The number of rotatable bonds is 6. The van der Waals surface area contributed by atoms with E-state index in [1.807, 2.05) is 0 Å². The minimum absolute atomic E-state index is 0.651. The van der Waals surface area contributed by atoms with E-state index in [2.05, 4.69) is 0 Å². The molecule has 0 aromatic heterocycles. The van der Waals surface area contributed by atoms with Crippen molar-refractivity contribution in [3.63, 3.8) is 0 Å². The van der Waals surface area contributed by atoms with Crippen LogP contribution in [-0.2, 0) is 37.8 Å². The van der Waals surface area contributed by atoms with Crippen LogP contribution in [0, 0.1) is 0 Å². The molecule has 0 unspecified atom stereocenters. The van der Waals surface area contributed by atoms with Crippen LogP contribution < -0.4 is 0 Å². The zero-order chi connectivity index (χ0) is 15.9. The SMILES string of the molecule is CS(=O)(=O)P(CP(S(C)(=O)=O)S(C)(=O)=O)S(C)(=O)=O. The molecule has 0 aliphatic carbocycles. The van der Waals surface area contributed by atoms with Crippen LogP contribution in [0.5, 0.6) is 0 Å². The smallest absolute Gasteiger partial charge is 0.179 e. The molecule has 19 heavy (non-hydrogen) atoms. The van der Waals surface area contributed by atoms with Crippen molar-refractivity contribution in [1.82, 2.24) is 0 Å². The quantitative estimate of drug-likeness (QED) is 0.564. The van der Waals surface area contributed by atoms with Crippen molar-refractivity contribution in [1.29, 1.82) is 0 Å². The van der Waals surface area contributed by atoms with Gasteiger partial charge in [0.1, 0.15) is 12.7 Å². The molecule has 0 aromatic carbocycles. The first-order valence-corrected chi connectivity index (χ1v) is 17.4. The van der Waals surface area contributed by atoms with Crippen molar-refractivity contribution in [2.45, 2.75) is 0 Å². The Morgan fingerprint density at radius 1 is 0.526 bits per heavy atom. The lowest BCUT2D eigenvalue weighted by molar-refractivity contribution is 0.609. The Labute approximate surface area is 115 Å². The zero-order valence-electron chi connectivity index (χ0n) is 10.5. The van der Waals surface area contributed by atoms with Gasteiger partial charge in [0.25, 0.3) is 0 Å². The maximum atomic E-state index is 11.4. The van der Waals surface area contributed by atoms with Crippen molar-refractivity contribution in [3.05, 3.63) is 0 Å². The Morgan fingerprint density at radius 2 is 0.684 bits per heavy atom. The van der Waals surface area contributed by atoms with E-state index in [4.69, 9.17) is 0 Å². The first-order chi connectivity index (χ1) is 7.97. The summed E-state index contributed by atoms with van der Waals surface area (Å²) in [4.78, 5) is 0. The molecular formula is C5H14O8P2S4. The standard InChI is InChI=1S/C5H14O8P2S4/c1-16(6,7)14(17(2,8)9)5-15(18(3,10)11)19(4,12)13/h5H2,1-4H3. The normalized spacial score (nSPS) is 15.1. The first kappa shape index (κ1) is 19.7. The van der Waals surface area contributed by atoms with Crippen molar-refractivity contribution in [2.75, 3.05) is 30.9 Å². The molecule has 116 valence electrons. The topological polar surface area (TPSA) is 137 Å². The van der Waals surface area contributed by atoms with Crippen LogP contribution in [0.4, 0.5) is 0 Å². The van der Waals surface area contributed by atoms with E-state index in [9.17, 15) is 33.7 Å². The molecule has 0 aliphatic rings. The second-order valence-corrected chi connectivity index (χ2v) is 26.7. The fourth-order valence-electron chi connectivity index (χ4n) is 1.01. The molecule has 0 atom stereocenters. The van der Waals surface area contributed by atoms with Gasteiger partial charge in [0.05, 0.1) is 0 Å². The molecular weight excluding hydrogens is 378 g/mol. The average Bonchev–Trinajstić information content (AvgIpc) is 1.91. The van der Waals surface area contributed by atoms with Crippen molar-refractivity contribution in [2.24, 2.45) is 0 Å². The number of hydrogen-bond donors (Lipinski definition) is 0. The van der Waals surface area contributed by atoms with Gasteiger partial charge in [0.15, 0.2) is 37.8 Å². The van der Waals surface area contributed by atoms with Crippen LogP contribution in [0.15, 0.2) is 0 Å². The fourth-order valence-corrected chi connectivity index (χ4v) is 32.2. The molecule has 0 radical (unpaired) electrons. The summed E-state index contributed by atoms with van der Waals surface area (Å²) in [6, 6.07) is 0. The van der Waals surface area contributed by atoms with Gasteiger partial charge in [-0.15, -0.1) is 0 Å².